The van der Waals surface area contributed by atoms with E-state index in [4.69, 9.17) is 0 Å². The summed E-state index contributed by atoms with van der Waals surface area (Å²) in [7, 11) is 0. The number of benzene rings is 2. The van der Waals surface area contributed by atoms with Gasteiger partial charge in [0.2, 0.25) is 5.95 Å². The molecule has 0 unspecified atom stereocenters. The van der Waals surface area contributed by atoms with Crippen LogP contribution < -0.4 is 10.6 Å². The lowest BCUT2D eigenvalue weighted by molar-refractivity contribution is 1.10. The molecule has 0 saturated carbocycles. The maximum absolute atomic E-state index is 4.60. The molecule has 6 heteroatoms. The molecule has 0 radical (unpaired) electrons. The summed E-state index contributed by atoms with van der Waals surface area (Å²) in [5.41, 5.74) is 4.75. The van der Waals surface area contributed by atoms with Gasteiger partial charge in [0.15, 0.2) is 11.5 Å². The molecule has 0 aliphatic heterocycles. The number of aryl methyl sites for hydroxylation is 1. The highest BCUT2D eigenvalue weighted by molar-refractivity contribution is 5.84. The molecular formula is C19H18N6. The van der Waals surface area contributed by atoms with Crippen molar-refractivity contribution in [1.82, 2.24) is 19.9 Å². The molecule has 25 heavy (non-hydrogen) atoms. The number of fused-ring (bicyclic) bond motifs is 1. The van der Waals surface area contributed by atoms with E-state index in [-0.39, 0.29) is 0 Å². The quantitative estimate of drug-likeness (QED) is 0.515. The highest BCUT2D eigenvalue weighted by Gasteiger charge is 2.10. The number of hydrogen-bond acceptors (Lipinski definition) is 5. The van der Waals surface area contributed by atoms with Gasteiger partial charge < -0.3 is 15.6 Å². The summed E-state index contributed by atoms with van der Waals surface area (Å²) in [6.07, 6.45) is 1.63. The second kappa shape index (κ2) is 6.60. The van der Waals surface area contributed by atoms with Gasteiger partial charge >= 0.3 is 0 Å². The molecule has 0 spiro atoms. The Bertz CT molecular complexity index is 976. The fourth-order valence-electron chi connectivity index (χ4n) is 2.56. The van der Waals surface area contributed by atoms with Crippen LogP contribution in [0.4, 0.5) is 17.5 Å². The zero-order valence-electron chi connectivity index (χ0n) is 13.8. The number of imidazole rings is 1. The Hall–Kier alpha value is -3.41. The zero-order valence-corrected chi connectivity index (χ0v) is 13.8. The summed E-state index contributed by atoms with van der Waals surface area (Å²) >= 11 is 0. The predicted molar refractivity (Wildman–Crippen MR) is 99.9 cm³/mol. The Balaban J connectivity index is 1.61. The molecule has 2 aromatic carbocycles. The van der Waals surface area contributed by atoms with E-state index < -0.39 is 0 Å². The number of H-pyrrole nitrogens is 1. The topological polar surface area (TPSA) is 78.5 Å². The lowest BCUT2D eigenvalue weighted by atomic mass is 10.2. The Labute approximate surface area is 145 Å². The zero-order chi connectivity index (χ0) is 17.1. The van der Waals surface area contributed by atoms with Crippen LogP contribution >= 0.6 is 0 Å². The molecule has 0 atom stereocenters. The molecule has 2 aromatic heterocycles. The second-order valence-electron chi connectivity index (χ2n) is 5.83. The molecule has 0 aliphatic rings. The van der Waals surface area contributed by atoms with Gasteiger partial charge in [-0.1, -0.05) is 48.0 Å². The highest BCUT2D eigenvalue weighted by Crippen LogP contribution is 2.21. The first-order chi connectivity index (χ1) is 12.3. The summed E-state index contributed by atoms with van der Waals surface area (Å²) in [5, 5.41) is 6.60. The monoisotopic (exact) mass is 330 g/mol. The van der Waals surface area contributed by atoms with Crippen LogP contribution in [0.5, 0.6) is 0 Å². The molecule has 6 nitrogen and oxygen atoms in total. The van der Waals surface area contributed by atoms with Crippen molar-refractivity contribution in [3.05, 3.63) is 72.1 Å². The minimum absolute atomic E-state index is 0.513. The van der Waals surface area contributed by atoms with Crippen LogP contribution in [0.15, 0.2) is 60.9 Å². The van der Waals surface area contributed by atoms with Gasteiger partial charge in [0.1, 0.15) is 5.52 Å². The van der Waals surface area contributed by atoms with Gasteiger partial charge in [-0.15, -0.1) is 0 Å². The van der Waals surface area contributed by atoms with Crippen LogP contribution in [0.25, 0.3) is 11.2 Å². The fourth-order valence-corrected chi connectivity index (χ4v) is 2.56. The van der Waals surface area contributed by atoms with Gasteiger partial charge in [0, 0.05) is 12.2 Å². The van der Waals surface area contributed by atoms with E-state index >= 15 is 0 Å². The normalized spacial score (nSPS) is 10.8. The number of aromatic amines is 1. The summed E-state index contributed by atoms with van der Waals surface area (Å²) in [6, 6.07) is 18.3. The highest BCUT2D eigenvalue weighted by atomic mass is 15.2. The standard InChI is InChI=1S/C19H18N6/c1-13-7-9-15(10-8-13)23-19-24-17(16-18(25-19)22-12-21-16)20-11-14-5-3-2-4-6-14/h2-10,12H,11H2,1H3,(H3,20,21,22,23,24,25). The number of hydrogen-bond donors (Lipinski definition) is 3. The van der Waals surface area contributed by atoms with E-state index in [9.17, 15) is 0 Å². The molecule has 0 amide bonds. The minimum atomic E-state index is 0.513. The summed E-state index contributed by atoms with van der Waals surface area (Å²) in [4.78, 5) is 16.4. The van der Waals surface area contributed by atoms with Crippen molar-refractivity contribution < 1.29 is 0 Å². The predicted octanol–water partition coefficient (Wildman–Crippen LogP) is 4.02. The second-order valence-corrected chi connectivity index (χ2v) is 5.83. The first kappa shape index (κ1) is 15.1. The maximum atomic E-state index is 4.60. The summed E-state index contributed by atoms with van der Waals surface area (Å²) in [5.74, 6) is 1.24. The molecule has 124 valence electrons. The number of aromatic nitrogens is 4. The van der Waals surface area contributed by atoms with Crippen molar-refractivity contribution in [3.63, 3.8) is 0 Å². The average molecular weight is 330 g/mol. The Morgan fingerprint density at radius 3 is 2.56 bits per heavy atom. The third kappa shape index (κ3) is 3.42. The van der Waals surface area contributed by atoms with Gasteiger partial charge in [0.25, 0.3) is 0 Å². The van der Waals surface area contributed by atoms with Crippen molar-refractivity contribution in [2.75, 3.05) is 10.6 Å². The van der Waals surface area contributed by atoms with Gasteiger partial charge in [-0.2, -0.15) is 9.97 Å². The van der Waals surface area contributed by atoms with E-state index in [0.29, 0.717) is 18.1 Å². The Morgan fingerprint density at radius 1 is 0.960 bits per heavy atom. The van der Waals surface area contributed by atoms with Crippen LogP contribution in [0, 0.1) is 6.92 Å². The SMILES string of the molecule is Cc1ccc(Nc2nc(NCc3ccccc3)c3[nH]cnc3n2)cc1. The van der Waals surface area contributed by atoms with Crippen molar-refractivity contribution in [2.45, 2.75) is 13.5 Å². The maximum Gasteiger partial charge on any atom is 0.231 e. The van der Waals surface area contributed by atoms with Crippen molar-refractivity contribution in [2.24, 2.45) is 0 Å². The fraction of sp³-hybridized carbons (Fsp3) is 0.105. The number of anilines is 3. The summed E-state index contributed by atoms with van der Waals surface area (Å²) in [6.45, 7) is 2.73. The van der Waals surface area contributed by atoms with E-state index in [0.717, 1.165) is 17.0 Å². The molecule has 4 aromatic rings. The van der Waals surface area contributed by atoms with Gasteiger partial charge in [-0.25, -0.2) is 4.98 Å². The summed E-state index contributed by atoms with van der Waals surface area (Å²) < 4.78 is 0. The lowest BCUT2D eigenvalue weighted by Gasteiger charge is -2.10. The van der Waals surface area contributed by atoms with E-state index in [1.54, 1.807) is 6.33 Å². The first-order valence-corrected chi connectivity index (χ1v) is 8.10. The van der Waals surface area contributed by atoms with Gasteiger partial charge in [-0.05, 0) is 24.6 Å². The largest absolute Gasteiger partial charge is 0.364 e. The van der Waals surface area contributed by atoms with Crippen LogP contribution in [0.3, 0.4) is 0 Å². The van der Waals surface area contributed by atoms with Crippen LogP contribution in [0.1, 0.15) is 11.1 Å². The van der Waals surface area contributed by atoms with Gasteiger partial charge in [0.05, 0.1) is 6.33 Å². The molecule has 3 N–H and O–H groups in total. The van der Waals surface area contributed by atoms with Crippen LogP contribution in [-0.2, 0) is 6.54 Å². The molecule has 0 bridgehead atoms. The lowest BCUT2D eigenvalue weighted by Crippen LogP contribution is -2.05. The molecule has 0 aliphatic carbocycles. The first-order valence-electron chi connectivity index (χ1n) is 8.10. The molecule has 4 rings (SSSR count). The third-order valence-electron chi connectivity index (χ3n) is 3.90. The number of nitrogens with zero attached hydrogens (tertiary/aromatic N) is 3. The minimum Gasteiger partial charge on any atom is -0.364 e. The van der Waals surface area contributed by atoms with Crippen molar-refractivity contribution in [3.8, 4) is 0 Å². The Kier molecular flexibility index (Phi) is 4.00. The third-order valence-corrected chi connectivity index (χ3v) is 3.90. The Morgan fingerprint density at radius 2 is 1.76 bits per heavy atom. The van der Waals surface area contributed by atoms with Gasteiger partial charge in [-0.3, -0.25) is 0 Å². The molecular weight excluding hydrogens is 312 g/mol. The van der Waals surface area contributed by atoms with Crippen LogP contribution in [0.2, 0.25) is 0 Å². The van der Waals surface area contributed by atoms with Crippen molar-refractivity contribution in [1.29, 1.82) is 0 Å². The van der Waals surface area contributed by atoms with E-state index in [1.807, 2.05) is 42.5 Å². The average Bonchev–Trinajstić information content (AvgIpc) is 3.11. The smallest absolute Gasteiger partial charge is 0.231 e. The molecule has 0 fully saturated rings. The van der Waals surface area contributed by atoms with Crippen LogP contribution in [-0.4, -0.2) is 19.9 Å². The molecule has 0 saturated heterocycles. The number of nitrogens with one attached hydrogen (secondary N) is 3. The molecule has 2 heterocycles. The number of rotatable bonds is 5. The van der Waals surface area contributed by atoms with Crippen molar-refractivity contribution >= 4 is 28.6 Å². The van der Waals surface area contributed by atoms with E-state index in [1.165, 1.54) is 11.1 Å². The van der Waals surface area contributed by atoms with E-state index in [2.05, 4.69) is 49.6 Å².